The van der Waals surface area contributed by atoms with Crippen LogP contribution in [0, 0.1) is 0 Å². The third kappa shape index (κ3) is 76.8. The van der Waals surface area contributed by atoms with E-state index < -0.39 is 85.6 Å². The molecule has 0 aromatic heterocycles. The van der Waals surface area contributed by atoms with Crippen molar-refractivity contribution < 1.29 is 207 Å². The van der Waals surface area contributed by atoms with Gasteiger partial charge >= 0.3 is 161 Å². The van der Waals surface area contributed by atoms with Crippen LogP contribution in [0.15, 0.2) is 0 Å². The summed E-state index contributed by atoms with van der Waals surface area (Å²) in [7, 11) is 0. The fourth-order valence-corrected chi connectivity index (χ4v) is 3.26. The molecule has 0 unspecified atom stereocenters. The normalized spacial score (nSPS) is 15.1. The molecule has 0 saturated heterocycles. The number of aliphatic hydroxyl groups is 12. The van der Waals surface area contributed by atoms with Crippen LogP contribution in [0.5, 0.6) is 0 Å². The molecule has 64 heavy (non-hydrogen) atoms. The van der Waals surface area contributed by atoms with Crippen molar-refractivity contribution in [3.05, 3.63) is 0 Å². The van der Waals surface area contributed by atoms with Crippen LogP contribution in [0.2, 0.25) is 0 Å². The molecule has 26 heteroatoms. The summed E-state index contributed by atoms with van der Waals surface area (Å²) in [5, 5.41) is 104. The van der Waals surface area contributed by atoms with Crippen LogP contribution in [0.4, 0.5) is 26.3 Å². The van der Waals surface area contributed by atoms with Gasteiger partial charge in [-0.1, -0.05) is 55.4 Å². The molecule has 384 valence electrons. The van der Waals surface area contributed by atoms with Crippen LogP contribution >= 0.6 is 25.3 Å². The number of thiol groups is 2. The Kier molecular flexibility index (Phi) is 114. The number of alkyl halides is 6. The quantitative estimate of drug-likeness (QED) is 0.0606. The molecule has 0 rings (SSSR count). The second-order valence-electron chi connectivity index (χ2n) is 11.3. The Morgan fingerprint density at radius 1 is 0.297 bits per heavy atom. The topological polar surface area (TPSA) is 243 Å². The van der Waals surface area contributed by atoms with Crippen molar-refractivity contribution in [2.75, 3.05) is 11.5 Å². The molecule has 0 spiro atoms. The van der Waals surface area contributed by atoms with Crippen molar-refractivity contribution in [2.24, 2.45) is 0 Å². The average molecular weight is 1200 g/mol. The van der Waals surface area contributed by atoms with E-state index in [0.717, 1.165) is 0 Å². The van der Waals surface area contributed by atoms with Crippen LogP contribution in [-0.4, -0.2) is 187 Å². The number of aliphatic hydroxyl groups excluding tert-OH is 12. The zero-order valence-corrected chi connectivity index (χ0v) is 49.9. The minimum absolute atomic E-state index is 0.279. The van der Waals surface area contributed by atoms with Crippen LogP contribution in [0.25, 0.3) is 0 Å². The van der Waals surface area contributed by atoms with Crippen molar-refractivity contribution in [1.82, 2.24) is 0 Å². The molecule has 0 radical (unpaired) electrons. The molecule has 12 N–H and O–H groups in total. The van der Waals surface area contributed by atoms with Gasteiger partial charge in [-0.3, -0.25) is 0 Å². The van der Waals surface area contributed by atoms with E-state index in [2.05, 4.69) is 54.2 Å². The summed E-state index contributed by atoms with van der Waals surface area (Å²) in [4.78, 5) is 19.5. The Morgan fingerprint density at radius 2 is 0.391 bits per heavy atom. The summed E-state index contributed by atoms with van der Waals surface area (Å²) in [6.07, 6.45) is -19.2. The van der Waals surface area contributed by atoms with Gasteiger partial charge in [0.2, 0.25) is 0 Å². The Bertz CT molecular complexity index is 691. The molecule has 0 fully saturated rings. The van der Waals surface area contributed by atoms with E-state index in [-0.39, 0.29) is 11.5 Å². The molecule has 0 aromatic carbocycles. The number of hydrogen-bond donors (Lipinski definition) is 14. The maximum atomic E-state index is 11.3. The van der Waals surface area contributed by atoms with Gasteiger partial charge in [0.25, 0.3) is 0 Å². The van der Waals surface area contributed by atoms with Gasteiger partial charge in [-0.2, -0.15) is 51.6 Å². The van der Waals surface area contributed by atoms with Crippen LogP contribution in [0.3, 0.4) is 0 Å². The Labute approximate surface area is 460 Å². The van der Waals surface area contributed by atoms with E-state index in [9.17, 15) is 26.3 Å². The van der Waals surface area contributed by atoms with Gasteiger partial charge in [-0.25, -0.2) is 0 Å². The monoisotopic (exact) mass is 1200 g/mol. The van der Waals surface area contributed by atoms with Crippen molar-refractivity contribution >= 4 is 54.2 Å². The molecular weight excluding hydrogens is 1110 g/mol. The van der Waals surface area contributed by atoms with Gasteiger partial charge in [0.15, 0.2) is 12.2 Å². The van der Waals surface area contributed by atoms with Gasteiger partial charge < -0.3 is 61.3 Å². The average Bonchev–Trinajstić information content (AvgIpc) is 3.34. The Morgan fingerprint density at radius 3 is 0.438 bits per heavy atom. The molecule has 0 aromatic rings. The van der Waals surface area contributed by atoms with E-state index in [1.165, 1.54) is 0 Å². The summed E-state index contributed by atoms with van der Waals surface area (Å²) in [5.74, 6) is 0.559. The van der Waals surface area contributed by atoms with E-state index >= 15 is 0 Å². The number of hydrogen-bond acceptors (Lipinski definition) is 14. The van der Waals surface area contributed by atoms with E-state index in [0.29, 0.717) is 51.4 Å². The van der Waals surface area contributed by atoms with E-state index in [1.807, 2.05) is 55.4 Å². The molecule has 0 saturated carbocycles. The van der Waals surface area contributed by atoms with Crippen molar-refractivity contribution in [2.45, 2.75) is 192 Å². The minimum atomic E-state index is -5.48. The standard InChI is InChI=1S/4C6H14O2.C4H4F6O2.C4H10O2S2.6CH2.6Ti/c4*1-3-5(7)6(8)4-2;5-3(6,7)1(11)2(12)4(8,9)10;5-3(1-7)4(6)2-8;;;;;;;;;;;;/h4*5-8H,3-4H2,1-2H3;1-2,11-12H;3-8H,1-2H2;6*1H2;;;;;;/t4*5-,6-;1-,2-;3-,4-;;;;;;;;;;;;/m111101............/s1. The molecule has 0 heterocycles. The summed E-state index contributed by atoms with van der Waals surface area (Å²) in [6.45, 7) is 14.8. The van der Waals surface area contributed by atoms with Gasteiger partial charge in [0.05, 0.1) is 61.0 Å². The molecule has 12 nitrogen and oxygen atoms in total. The SMILES string of the molecule is CC[C@@H](O)[C@H](O)CC.CC[C@@H](O)[C@H](O)CC.CC[C@@H](O)[C@H](O)CC.CC[C@@H](O)[C@H](O)CC.O[C@@H]([C@H](O)C(F)(F)F)C(F)(F)F.O[C@H](CS)[C@H](O)CS.[CH2]=[Ti].[CH2]=[Ti].[CH2]=[Ti].[CH2]=[Ti].[CH2]=[Ti].[CH2]=[Ti]. The van der Waals surface area contributed by atoms with Gasteiger partial charge in [-0.15, -0.1) is 0 Å². The third-order valence-electron chi connectivity index (χ3n) is 6.91. The first-order valence-electron chi connectivity index (χ1n) is 19.3. The molecule has 12 atom stereocenters. The summed E-state index contributed by atoms with van der Waals surface area (Å²) < 4.78 is 67.9. The molecule has 0 aliphatic carbocycles. The molecular formula is C38H82F6O12S2Ti6. The third-order valence-corrected chi connectivity index (χ3v) is 7.66. The van der Waals surface area contributed by atoms with Crippen LogP contribution in [-0.2, 0) is 120 Å². The fraction of sp³-hybridized carbons (Fsp3) is 0.842. The van der Waals surface area contributed by atoms with Crippen molar-refractivity contribution in [3.8, 4) is 0 Å². The van der Waals surface area contributed by atoms with Crippen LogP contribution in [0.1, 0.15) is 107 Å². The second kappa shape index (κ2) is 75.2. The molecule has 0 amide bonds. The van der Waals surface area contributed by atoms with Gasteiger partial charge in [-0.05, 0) is 51.4 Å². The molecule has 0 bridgehead atoms. The van der Waals surface area contributed by atoms with E-state index in [1.54, 1.807) is 120 Å². The van der Waals surface area contributed by atoms with Crippen molar-refractivity contribution in [3.63, 3.8) is 0 Å². The molecule has 0 aliphatic rings. The van der Waals surface area contributed by atoms with E-state index in [4.69, 9.17) is 61.3 Å². The van der Waals surface area contributed by atoms with Crippen LogP contribution < -0.4 is 0 Å². The predicted molar refractivity (Wildman–Crippen MR) is 237 cm³/mol. The first-order valence-corrected chi connectivity index (χ1v) is 27.2. The zero-order valence-electron chi connectivity index (χ0n) is 38.8. The first kappa shape index (κ1) is 96.7. The molecule has 0 aliphatic heterocycles. The maximum absolute atomic E-state index is 11.3. The Hall–Kier alpha value is 3.31. The number of rotatable bonds is 16. The fourth-order valence-electron chi connectivity index (χ4n) is 2.78. The Balaban J connectivity index is -0.0000000485. The second-order valence-corrected chi connectivity index (χ2v) is 12.0. The van der Waals surface area contributed by atoms with Gasteiger partial charge in [0.1, 0.15) is 0 Å². The number of halogens is 6. The van der Waals surface area contributed by atoms with Gasteiger partial charge in [0, 0.05) is 11.5 Å². The zero-order chi connectivity index (χ0) is 55.0. The summed E-state index contributed by atoms with van der Waals surface area (Å²) in [5.41, 5.74) is 0. The summed E-state index contributed by atoms with van der Waals surface area (Å²) in [6, 6.07) is 0. The first-order chi connectivity index (χ1) is 29.7. The summed E-state index contributed by atoms with van der Waals surface area (Å²) >= 11 is 18.0. The predicted octanol–water partition coefficient (Wildman–Crippen LogP) is 2.30. The van der Waals surface area contributed by atoms with Crippen molar-refractivity contribution in [1.29, 1.82) is 0 Å².